The maximum atomic E-state index is 12.6. The van der Waals surface area contributed by atoms with E-state index in [2.05, 4.69) is 9.88 Å². The summed E-state index contributed by atoms with van der Waals surface area (Å²) in [7, 11) is 0. The molecule has 7 nitrogen and oxygen atoms in total. The fourth-order valence-corrected chi connectivity index (χ4v) is 3.38. The molecule has 2 aromatic rings. The van der Waals surface area contributed by atoms with Gasteiger partial charge in [-0.15, -0.1) is 0 Å². The minimum atomic E-state index is -0.871. The number of aromatic nitrogens is 1. The van der Waals surface area contributed by atoms with Crippen molar-refractivity contribution < 1.29 is 23.5 Å². The Balaban J connectivity index is 1.62. The molecule has 28 heavy (non-hydrogen) atoms. The first-order valence-electron chi connectivity index (χ1n) is 9.52. The third kappa shape index (κ3) is 4.18. The molecule has 7 heteroatoms. The highest BCUT2D eigenvalue weighted by Crippen LogP contribution is 2.38. The first kappa shape index (κ1) is 19.9. The molecule has 1 saturated carbocycles. The Hall–Kier alpha value is -2.83. The number of esters is 1. The van der Waals surface area contributed by atoms with E-state index in [4.69, 9.17) is 9.15 Å². The number of nitrogens with zero attached hydrogens (tertiary/aromatic N) is 1. The summed E-state index contributed by atoms with van der Waals surface area (Å²) in [6.45, 7) is 7.13. The molecule has 1 N–H and O–H groups in total. The first-order valence-corrected chi connectivity index (χ1v) is 9.52. The Morgan fingerprint density at radius 2 is 2.00 bits per heavy atom. The van der Waals surface area contributed by atoms with E-state index < -0.39 is 17.9 Å². The second kappa shape index (κ2) is 8.04. The minimum absolute atomic E-state index is 0.113. The lowest BCUT2D eigenvalue weighted by Gasteiger charge is -2.20. The number of aryl methyl sites for hydroxylation is 1. The van der Waals surface area contributed by atoms with Crippen molar-refractivity contribution in [3.8, 4) is 0 Å². The van der Waals surface area contributed by atoms with Crippen LogP contribution >= 0.6 is 0 Å². The fraction of sp³-hybridized carbons (Fsp3) is 0.476. The number of carbonyl (C=O) groups is 3. The van der Waals surface area contributed by atoms with Crippen LogP contribution in [0.4, 0.5) is 0 Å². The number of rotatable bonds is 8. The normalized spacial score (nSPS) is 14.8. The van der Waals surface area contributed by atoms with Gasteiger partial charge in [0, 0.05) is 23.0 Å². The Morgan fingerprint density at radius 3 is 2.57 bits per heavy atom. The number of furan rings is 1. The molecule has 1 aliphatic carbocycles. The van der Waals surface area contributed by atoms with Crippen LogP contribution in [-0.2, 0) is 9.53 Å². The van der Waals surface area contributed by atoms with Gasteiger partial charge in [0.15, 0.2) is 12.4 Å². The number of hydrogen-bond acceptors (Lipinski definition) is 5. The van der Waals surface area contributed by atoms with E-state index in [0.717, 1.165) is 24.2 Å². The number of ketones is 1. The number of nitrogens with one attached hydrogen (secondary N) is 1. The van der Waals surface area contributed by atoms with E-state index in [9.17, 15) is 14.4 Å². The van der Waals surface area contributed by atoms with Crippen molar-refractivity contribution in [2.24, 2.45) is 5.92 Å². The van der Waals surface area contributed by atoms with Gasteiger partial charge in [-0.05, 0) is 50.8 Å². The smallest absolute Gasteiger partial charge is 0.329 e. The van der Waals surface area contributed by atoms with Gasteiger partial charge in [0.1, 0.15) is 6.04 Å². The summed E-state index contributed by atoms with van der Waals surface area (Å²) in [5, 5.41) is 2.61. The monoisotopic (exact) mass is 386 g/mol. The van der Waals surface area contributed by atoms with Crippen molar-refractivity contribution in [1.82, 2.24) is 9.88 Å². The average Bonchev–Trinajstić information content (AvgIpc) is 3.22. The first-order chi connectivity index (χ1) is 13.3. The van der Waals surface area contributed by atoms with Crippen molar-refractivity contribution in [3.05, 3.63) is 47.2 Å². The van der Waals surface area contributed by atoms with E-state index >= 15 is 0 Å². The number of hydrogen-bond donors (Lipinski definition) is 1. The third-order valence-corrected chi connectivity index (χ3v) is 4.99. The molecule has 0 spiro atoms. The molecule has 2 aromatic heterocycles. The lowest BCUT2D eigenvalue weighted by Crippen LogP contribution is -2.45. The minimum Gasteiger partial charge on any atom is -0.459 e. The molecule has 1 aliphatic rings. The van der Waals surface area contributed by atoms with Crippen LogP contribution in [0.5, 0.6) is 0 Å². The van der Waals surface area contributed by atoms with Crippen LogP contribution in [0.1, 0.15) is 65.0 Å². The molecule has 150 valence electrons. The van der Waals surface area contributed by atoms with Crippen molar-refractivity contribution >= 4 is 17.7 Å². The van der Waals surface area contributed by atoms with E-state index in [1.165, 1.54) is 12.3 Å². The SMILES string of the molecule is Cc1cc(C(=O)COC(=O)[C@@H](NC(=O)c2ccco2)C(C)C)c(C)n1C1CC1. The Kier molecular flexibility index (Phi) is 5.72. The van der Waals surface area contributed by atoms with Gasteiger partial charge in [-0.2, -0.15) is 0 Å². The van der Waals surface area contributed by atoms with E-state index in [-0.39, 0.29) is 24.1 Å². The quantitative estimate of drug-likeness (QED) is 0.556. The molecule has 0 bridgehead atoms. The van der Waals surface area contributed by atoms with Gasteiger partial charge in [0.25, 0.3) is 5.91 Å². The average molecular weight is 386 g/mol. The summed E-state index contributed by atoms with van der Waals surface area (Å²) in [4.78, 5) is 37.2. The number of amides is 1. The van der Waals surface area contributed by atoms with Crippen molar-refractivity contribution in [3.63, 3.8) is 0 Å². The topological polar surface area (TPSA) is 90.5 Å². The maximum absolute atomic E-state index is 12.6. The number of carbonyl (C=O) groups excluding carboxylic acids is 3. The predicted octanol–water partition coefficient (Wildman–Crippen LogP) is 3.21. The zero-order valence-electron chi connectivity index (χ0n) is 16.7. The van der Waals surface area contributed by atoms with E-state index in [1.54, 1.807) is 19.9 Å². The standard InChI is InChI=1S/C21H26N2O5/c1-12(2)19(22-20(25)18-6-5-9-27-18)21(26)28-11-17(24)16-10-13(3)23(14(16)4)15-7-8-15/h5-6,9-10,12,15,19H,7-8,11H2,1-4H3,(H,22,25)/t19-/m0/s1. The van der Waals surface area contributed by atoms with Crippen LogP contribution in [0.2, 0.25) is 0 Å². The van der Waals surface area contributed by atoms with Gasteiger partial charge in [0.05, 0.1) is 6.26 Å². The molecule has 3 rings (SSSR count). The van der Waals surface area contributed by atoms with Crippen molar-refractivity contribution in [2.45, 2.75) is 52.6 Å². The molecule has 0 saturated heterocycles. The lowest BCUT2D eigenvalue weighted by atomic mass is 10.0. The van der Waals surface area contributed by atoms with Gasteiger partial charge in [-0.3, -0.25) is 9.59 Å². The summed E-state index contributed by atoms with van der Waals surface area (Å²) in [5.74, 6) is -1.48. The molecular weight excluding hydrogens is 360 g/mol. The third-order valence-electron chi connectivity index (χ3n) is 4.99. The largest absolute Gasteiger partial charge is 0.459 e. The zero-order valence-corrected chi connectivity index (χ0v) is 16.7. The molecule has 0 aromatic carbocycles. The summed E-state index contributed by atoms with van der Waals surface area (Å²) >= 11 is 0. The Bertz CT molecular complexity index is 875. The highest BCUT2D eigenvalue weighted by molar-refractivity contribution is 6.00. The molecule has 0 radical (unpaired) electrons. The van der Waals surface area contributed by atoms with Gasteiger partial charge >= 0.3 is 5.97 Å². The predicted molar refractivity (Wildman–Crippen MR) is 102 cm³/mol. The Labute approximate surface area is 164 Å². The van der Waals surface area contributed by atoms with Crippen LogP contribution in [0.15, 0.2) is 28.9 Å². The number of ether oxygens (including phenoxy) is 1. The fourth-order valence-electron chi connectivity index (χ4n) is 3.38. The molecule has 0 aliphatic heterocycles. The van der Waals surface area contributed by atoms with Crippen LogP contribution in [0.25, 0.3) is 0 Å². The second-order valence-corrected chi connectivity index (χ2v) is 7.59. The van der Waals surface area contributed by atoms with Gasteiger partial charge < -0.3 is 19.0 Å². The lowest BCUT2D eigenvalue weighted by molar-refractivity contribution is -0.145. The zero-order chi connectivity index (χ0) is 20.4. The highest BCUT2D eigenvalue weighted by atomic mass is 16.5. The molecule has 1 fully saturated rings. The van der Waals surface area contributed by atoms with Gasteiger partial charge in [0.2, 0.25) is 5.78 Å². The maximum Gasteiger partial charge on any atom is 0.329 e. The summed E-state index contributed by atoms with van der Waals surface area (Å²) in [6, 6.07) is 4.56. The van der Waals surface area contributed by atoms with Crippen LogP contribution < -0.4 is 5.32 Å². The van der Waals surface area contributed by atoms with Gasteiger partial charge in [-0.25, -0.2) is 4.79 Å². The summed E-state index contributed by atoms with van der Waals surface area (Å²) < 4.78 is 12.5. The van der Waals surface area contributed by atoms with E-state index in [0.29, 0.717) is 11.6 Å². The van der Waals surface area contributed by atoms with Crippen molar-refractivity contribution in [1.29, 1.82) is 0 Å². The molecule has 2 heterocycles. The summed E-state index contributed by atoms with van der Waals surface area (Å²) in [5.41, 5.74) is 2.53. The van der Waals surface area contributed by atoms with Crippen LogP contribution in [0.3, 0.4) is 0 Å². The number of Topliss-reactive ketones (excluding diaryl/α,β-unsaturated/α-hetero) is 1. The molecule has 0 unspecified atom stereocenters. The van der Waals surface area contributed by atoms with Gasteiger partial charge in [-0.1, -0.05) is 13.8 Å². The highest BCUT2D eigenvalue weighted by Gasteiger charge is 2.30. The summed E-state index contributed by atoms with van der Waals surface area (Å²) in [6.07, 6.45) is 3.64. The van der Waals surface area contributed by atoms with Crippen molar-refractivity contribution in [2.75, 3.05) is 6.61 Å². The molecular formula is C21H26N2O5. The molecule has 1 amide bonds. The van der Waals surface area contributed by atoms with Crippen LogP contribution in [0, 0.1) is 19.8 Å². The second-order valence-electron chi connectivity index (χ2n) is 7.59. The molecule has 1 atom stereocenters. The Morgan fingerprint density at radius 1 is 1.29 bits per heavy atom. The van der Waals surface area contributed by atoms with Crippen LogP contribution in [-0.4, -0.2) is 34.9 Å². The van der Waals surface area contributed by atoms with E-state index in [1.807, 2.05) is 19.9 Å².